The SMILES string of the molecule is CC(C)c1cccc(CC(=O)N2CCCC(n3cc(CO)nn3)C2)c1. The van der Waals surface area contributed by atoms with E-state index < -0.39 is 0 Å². The number of amides is 1. The number of aromatic nitrogens is 3. The Morgan fingerprint density at radius 1 is 1.40 bits per heavy atom. The van der Waals surface area contributed by atoms with Gasteiger partial charge in [-0.05, 0) is 29.9 Å². The molecule has 1 aromatic heterocycles. The fourth-order valence-electron chi connectivity index (χ4n) is 3.31. The van der Waals surface area contributed by atoms with Crippen molar-refractivity contribution in [2.75, 3.05) is 13.1 Å². The summed E-state index contributed by atoms with van der Waals surface area (Å²) in [5.41, 5.74) is 2.90. The van der Waals surface area contributed by atoms with Crippen LogP contribution in [0.25, 0.3) is 0 Å². The minimum Gasteiger partial charge on any atom is -0.390 e. The van der Waals surface area contributed by atoms with Crippen LogP contribution in [0.15, 0.2) is 30.5 Å². The highest BCUT2D eigenvalue weighted by atomic mass is 16.3. The Labute approximate surface area is 148 Å². The number of likely N-dealkylation sites (tertiary alicyclic amines) is 1. The average molecular weight is 342 g/mol. The van der Waals surface area contributed by atoms with Gasteiger partial charge in [-0.15, -0.1) is 5.10 Å². The van der Waals surface area contributed by atoms with E-state index in [0.717, 1.165) is 24.9 Å². The van der Waals surface area contributed by atoms with Crippen molar-refractivity contribution in [1.29, 1.82) is 0 Å². The van der Waals surface area contributed by atoms with Crippen LogP contribution in [0.2, 0.25) is 0 Å². The summed E-state index contributed by atoms with van der Waals surface area (Å²) in [5, 5.41) is 17.2. The van der Waals surface area contributed by atoms with Crippen LogP contribution in [-0.2, 0) is 17.8 Å². The minimum absolute atomic E-state index is 0.110. The van der Waals surface area contributed by atoms with Crippen molar-refractivity contribution in [1.82, 2.24) is 19.9 Å². The molecule has 0 aliphatic carbocycles. The van der Waals surface area contributed by atoms with E-state index in [0.29, 0.717) is 24.6 Å². The Morgan fingerprint density at radius 2 is 2.24 bits per heavy atom. The Morgan fingerprint density at radius 3 is 2.96 bits per heavy atom. The first-order valence-corrected chi connectivity index (χ1v) is 8.95. The van der Waals surface area contributed by atoms with E-state index in [-0.39, 0.29) is 18.6 Å². The zero-order valence-electron chi connectivity index (χ0n) is 14.9. The van der Waals surface area contributed by atoms with Gasteiger partial charge in [-0.3, -0.25) is 4.79 Å². The highest BCUT2D eigenvalue weighted by Crippen LogP contribution is 2.22. The lowest BCUT2D eigenvalue weighted by atomic mass is 9.99. The molecule has 0 bridgehead atoms. The van der Waals surface area contributed by atoms with Gasteiger partial charge >= 0.3 is 0 Å². The second kappa shape index (κ2) is 7.78. The minimum atomic E-state index is -0.110. The fraction of sp³-hybridized carbons (Fsp3) is 0.526. The standard InChI is InChI=1S/C19H26N4O2/c1-14(2)16-6-3-5-15(9-16)10-19(25)22-8-4-7-18(12-22)23-11-17(13-24)20-21-23/h3,5-6,9,11,14,18,24H,4,7-8,10,12-13H2,1-2H3. The van der Waals surface area contributed by atoms with Gasteiger partial charge in [0.2, 0.25) is 5.91 Å². The molecule has 1 aliphatic rings. The summed E-state index contributed by atoms with van der Waals surface area (Å²) < 4.78 is 1.78. The van der Waals surface area contributed by atoms with Gasteiger partial charge in [0.1, 0.15) is 5.69 Å². The molecule has 1 amide bonds. The third-order valence-corrected chi connectivity index (χ3v) is 4.82. The number of benzene rings is 1. The number of aliphatic hydroxyl groups excluding tert-OH is 1. The molecule has 6 heteroatoms. The van der Waals surface area contributed by atoms with E-state index in [1.807, 2.05) is 17.0 Å². The molecule has 1 N–H and O–H groups in total. The maximum absolute atomic E-state index is 12.7. The van der Waals surface area contributed by atoms with Crippen molar-refractivity contribution < 1.29 is 9.90 Å². The van der Waals surface area contributed by atoms with Gasteiger partial charge in [0.05, 0.1) is 25.3 Å². The number of piperidine rings is 1. The fourth-order valence-corrected chi connectivity index (χ4v) is 3.31. The molecule has 1 atom stereocenters. The second-order valence-corrected chi connectivity index (χ2v) is 7.06. The Balaban J connectivity index is 1.64. The average Bonchev–Trinajstić information content (AvgIpc) is 3.11. The Hall–Kier alpha value is -2.21. The molecule has 2 aromatic rings. The third kappa shape index (κ3) is 4.25. The maximum atomic E-state index is 12.7. The lowest BCUT2D eigenvalue weighted by Gasteiger charge is -2.32. The van der Waals surface area contributed by atoms with Crippen LogP contribution in [0.3, 0.4) is 0 Å². The predicted octanol–water partition coefficient (Wildman–Crippen LogP) is 2.30. The topological polar surface area (TPSA) is 71.2 Å². The van der Waals surface area contributed by atoms with Crippen LogP contribution in [0.5, 0.6) is 0 Å². The highest BCUT2D eigenvalue weighted by molar-refractivity contribution is 5.79. The van der Waals surface area contributed by atoms with E-state index in [4.69, 9.17) is 5.11 Å². The molecule has 0 spiro atoms. The van der Waals surface area contributed by atoms with Gasteiger partial charge in [0.25, 0.3) is 0 Å². The van der Waals surface area contributed by atoms with Crippen LogP contribution in [0, 0.1) is 0 Å². The quantitative estimate of drug-likeness (QED) is 0.905. The van der Waals surface area contributed by atoms with Crippen LogP contribution in [0.4, 0.5) is 0 Å². The molecule has 1 saturated heterocycles. The normalized spacial score (nSPS) is 17.9. The summed E-state index contributed by atoms with van der Waals surface area (Å²) in [7, 11) is 0. The van der Waals surface area contributed by atoms with Crippen molar-refractivity contribution in [3.63, 3.8) is 0 Å². The maximum Gasteiger partial charge on any atom is 0.227 e. The molecule has 2 heterocycles. The lowest BCUT2D eigenvalue weighted by Crippen LogP contribution is -2.41. The van der Waals surface area contributed by atoms with Gasteiger partial charge in [0.15, 0.2) is 0 Å². The molecule has 134 valence electrons. The van der Waals surface area contributed by atoms with Gasteiger partial charge in [-0.1, -0.05) is 43.3 Å². The molecule has 0 radical (unpaired) electrons. The van der Waals surface area contributed by atoms with Crippen LogP contribution < -0.4 is 0 Å². The molecule has 1 aromatic carbocycles. The summed E-state index contributed by atoms with van der Waals surface area (Å²) in [4.78, 5) is 14.7. The Bertz CT molecular complexity index is 726. The summed E-state index contributed by atoms with van der Waals surface area (Å²) in [6.45, 7) is 5.66. The molecule has 1 aliphatic heterocycles. The van der Waals surface area contributed by atoms with Crippen LogP contribution in [-0.4, -0.2) is 44.0 Å². The number of carbonyl (C=O) groups excluding carboxylic acids is 1. The summed E-state index contributed by atoms with van der Waals surface area (Å²) in [6.07, 6.45) is 4.13. The van der Waals surface area contributed by atoms with Crippen LogP contribution in [0.1, 0.15) is 55.5 Å². The first-order chi connectivity index (χ1) is 12.1. The predicted molar refractivity (Wildman–Crippen MR) is 95.0 cm³/mol. The van der Waals surface area contributed by atoms with E-state index in [9.17, 15) is 4.79 Å². The van der Waals surface area contributed by atoms with Gasteiger partial charge in [-0.25, -0.2) is 4.68 Å². The van der Waals surface area contributed by atoms with Gasteiger partial charge in [-0.2, -0.15) is 0 Å². The number of hydrogen-bond acceptors (Lipinski definition) is 4. The van der Waals surface area contributed by atoms with E-state index in [1.165, 1.54) is 5.56 Å². The first kappa shape index (κ1) is 17.6. The van der Waals surface area contributed by atoms with Crippen molar-refractivity contribution >= 4 is 5.91 Å². The van der Waals surface area contributed by atoms with Crippen LogP contribution >= 0.6 is 0 Å². The van der Waals surface area contributed by atoms with E-state index in [2.05, 4.69) is 36.3 Å². The van der Waals surface area contributed by atoms with Crippen molar-refractivity contribution in [3.8, 4) is 0 Å². The first-order valence-electron chi connectivity index (χ1n) is 8.95. The van der Waals surface area contributed by atoms with E-state index >= 15 is 0 Å². The van der Waals surface area contributed by atoms with Crippen molar-refractivity contribution in [3.05, 3.63) is 47.3 Å². The molecular formula is C19H26N4O2. The van der Waals surface area contributed by atoms with Gasteiger partial charge in [0, 0.05) is 13.1 Å². The molecule has 25 heavy (non-hydrogen) atoms. The number of rotatable bonds is 5. The van der Waals surface area contributed by atoms with Crippen molar-refractivity contribution in [2.24, 2.45) is 0 Å². The van der Waals surface area contributed by atoms with Crippen molar-refractivity contribution in [2.45, 2.75) is 51.7 Å². The monoisotopic (exact) mass is 342 g/mol. The zero-order valence-corrected chi connectivity index (χ0v) is 14.9. The molecule has 0 saturated carbocycles. The lowest BCUT2D eigenvalue weighted by molar-refractivity contribution is -0.132. The summed E-state index contributed by atoms with van der Waals surface area (Å²) in [5.74, 6) is 0.621. The highest BCUT2D eigenvalue weighted by Gasteiger charge is 2.25. The summed E-state index contributed by atoms with van der Waals surface area (Å²) >= 11 is 0. The zero-order chi connectivity index (χ0) is 17.8. The van der Waals surface area contributed by atoms with E-state index in [1.54, 1.807) is 10.9 Å². The summed E-state index contributed by atoms with van der Waals surface area (Å²) in [6, 6.07) is 8.43. The number of nitrogens with zero attached hydrogens (tertiary/aromatic N) is 4. The number of aliphatic hydroxyl groups is 1. The second-order valence-electron chi connectivity index (χ2n) is 7.06. The Kier molecular flexibility index (Phi) is 5.48. The smallest absolute Gasteiger partial charge is 0.227 e. The number of hydrogen-bond donors (Lipinski definition) is 1. The third-order valence-electron chi connectivity index (χ3n) is 4.82. The molecule has 3 rings (SSSR count). The molecular weight excluding hydrogens is 316 g/mol. The largest absolute Gasteiger partial charge is 0.390 e. The molecule has 1 fully saturated rings. The molecule has 6 nitrogen and oxygen atoms in total. The van der Waals surface area contributed by atoms with Gasteiger partial charge < -0.3 is 10.0 Å². The molecule has 1 unspecified atom stereocenters. The number of carbonyl (C=O) groups is 1.